The number of nitrogens with zero attached hydrogens (tertiary/aromatic N) is 1. The lowest BCUT2D eigenvalue weighted by Gasteiger charge is -1.95. The van der Waals surface area contributed by atoms with Crippen LogP contribution in [0.4, 0.5) is 4.39 Å². The summed E-state index contributed by atoms with van der Waals surface area (Å²) in [5.41, 5.74) is 0.115. The molecule has 0 aliphatic rings. The molecule has 0 unspecified atom stereocenters. The lowest BCUT2D eigenvalue weighted by molar-refractivity contribution is -0.141. The van der Waals surface area contributed by atoms with Gasteiger partial charge in [0.05, 0.1) is 18.4 Å². The Balaban J connectivity index is 2.69. The first-order chi connectivity index (χ1) is 7.63. The Labute approximate surface area is 97.6 Å². The molecule has 1 aromatic rings. The molecule has 3 nitrogen and oxygen atoms in total. The maximum Gasteiger partial charge on any atom is 0.317 e. The monoisotopic (exact) mass is 241 g/mol. The molecule has 1 rings (SSSR count). The molecule has 0 saturated heterocycles. The molecule has 0 amide bonds. The molecule has 84 valence electrons. The van der Waals surface area contributed by atoms with Crippen molar-refractivity contribution < 1.29 is 13.9 Å². The van der Waals surface area contributed by atoms with Crippen molar-refractivity contribution in [3.05, 3.63) is 28.8 Å². The summed E-state index contributed by atoms with van der Waals surface area (Å²) < 4.78 is 17.8. The molecule has 5 heteroatoms. The topological polar surface area (TPSA) is 39.2 Å². The zero-order chi connectivity index (χ0) is 12.0. The normalized spacial score (nSPS) is 9.19. The fourth-order valence-corrected chi connectivity index (χ4v) is 1.09. The highest BCUT2D eigenvalue weighted by Gasteiger charge is 2.01. The highest BCUT2D eigenvalue weighted by molar-refractivity contribution is 6.29. The van der Waals surface area contributed by atoms with Gasteiger partial charge in [0.1, 0.15) is 11.6 Å². The summed E-state index contributed by atoms with van der Waals surface area (Å²) in [7, 11) is 0. The van der Waals surface area contributed by atoms with Crippen molar-refractivity contribution in [1.29, 1.82) is 0 Å². The molecule has 0 spiro atoms. The Morgan fingerprint density at radius 3 is 3.12 bits per heavy atom. The van der Waals surface area contributed by atoms with E-state index in [0.29, 0.717) is 6.61 Å². The Hall–Kier alpha value is -1.60. The number of carbonyl (C=O) groups is 1. The van der Waals surface area contributed by atoms with Crippen molar-refractivity contribution in [1.82, 2.24) is 4.98 Å². The number of hydrogen-bond donors (Lipinski definition) is 0. The van der Waals surface area contributed by atoms with E-state index in [2.05, 4.69) is 21.6 Å². The molecule has 0 fully saturated rings. The molecule has 0 N–H and O–H groups in total. The molecule has 0 saturated carbocycles. The summed E-state index contributed by atoms with van der Waals surface area (Å²) in [5.74, 6) is 3.99. The molecule has 0 bridgehead atoms. The van der Waals surface area contributed by atoms with E-state index in [9.17, 15) is 9.18 Å². The molecular formula is C11H9ClFNO2. The van der Waals surface area contributed by atoms with Crippen molar-refractivity contribution >= 4 is 17.6 Å². The third-order valence-electron chi connectivity index (χ3n) is 1.58. The lowest BCUT2D eigenvalue weighted by Crippen LogP contribution is -2.01. The van der Waals surface area contributed by atoms with Gasteiger partial charge in [-0.2, -0.15) is 0 Å². The maximum absolute atomic E-state index is 13.1. The second kappa shape index (κ2) is 6.09. The quantitative estimate of drug-likeness (QED) is 0.453. The highest BCUT2D eigenvalue weighted by atomic mass is 35.5. The van der Waals surface area contributed by atoms with Crippen LogP contribution in [0.25, 0.3) is 0 Å². The van der Waals surface area contributed by atoms with Gasteiger partial charge in [0.15, 0.2) is 5.82 Å². The van der Waals surface area contributed by atoms with Gasteiger partial charge in [-0.05, 0) is 13.0 Å². The first kappa shape index (κ1) is 12.5. The predicted molar refractivity (Wildman–Crippen MR) is 57.3 cm³/mol. The Morgan fingerprint density at radius 2 is 2.44 bits per heavy atom. The molecule has 0 aromatic carbocycles. The van der Waals surface area contributed by atoms with E-state index >= 15 is 0 Å². The number of carbonyl (C=O) groups excluding carboxylic acids is 1. The van der Waals surface area contributed by atoms with E-state index in [0.717, 1.165) is 6.20 Å². The van der Waals surface area contributed by atoms with E-state index in [1.807, 2.05) is 0 Å². The molecule has 0 aliphatic carbocycles. The van der Waals surface area contributed by atoms with Gasteiger partial charge >= 0.3 is 5.97 Å². The van der Waals surface area contributed by atoms with Crippen LogP contribution in [-0.2, 0) is 9.53 Å². The van der Waals surface area contributed by atoms with E-state index in [1.54, 1.807) is 6.92 Å². The van der Waals surface area contributed by atoms with E-state index in [-0.39, 0.29) is 17.1 Å². The Morgan fingerprint density at radius 1 is 1.69 bits per heavy atom. The van der Waals surface area contributed by atoms with Gasteiger partial charge in [-0.15, -0.1) is 0 Å². The first-order valence-corrected chi connectivity index (χ1v) is 4.96. The van der Waals surface area contributed by atoms with Gasteiger partial charge in [0.25, 0.3) is 0 Å². The maximum atomic E-state index is 13.1. The average Bonchev–Trinajstić information content (AvgIpc) is 2.23. The molecule has 0 atom stereocenters. The summed E-state index contributed by atoms with van der Waals surface area (Å²) in [6.45, 7) is 2.00. The van der Waals surface area contributed by atoms with Crippen LogP contribution >= 0.6 is 11.6 Å². The molecule has 1 heterocycles. The average molecular weight is 242 g/mol. The van der Waals surface area contributed by atoms with Crippen molar-refractivity contribution in [2.24, 2.45) is 0 Å². The standard InChI is InChI=1S/C11H9ClFNO2/c1-2-16-11(15)5-3-4-8-6-10(12)14-7-9(8)13/h6-7H,2,5H2,1H3. The van der Waals surface area contributed by atoms with Crippen LogP contribution in [0.15, 0.2) is 12.3 Å². The minimum Gasteiger partial charge on any atom is -0.465 e. The summed E-state index contributed by atoms with van der Waals surface area (Å²) >= 11 is 5.57. The number of hydrogen-bond acceptors (Lipinski definition) is 3. The van der Waals surface area contributed by atoms with Gasteiger partial charge in [0.2, 0.25) is 0 Å². The molecule has 1 aromatic heterocycles. The van der Waals surface area contributed by atoms with Crippen molar-refractivity contribution in [3.8, 4) is 11.8 Å². The van der Waals surface area contributed by atoms with E-state index in [1.165, 1.54) is 6.07 Å². The van der Waals surface area contributed by atoms with Crippen molar-refractivity contribution in [3.63, 3.8) is 0 Å². The molecule has 0 aliphatic heterocycles. The van der Waals surface area contributed by atoms with Gasteiger partial charge in [-0.1, -0.05) is 23.4 Å². The van der Waals surface area contributed by atoms with Gasteiger partial charge in [-0.25, -0.2) is 9.37 Å². The third-order valence-corrected chi connectivity index (χ3v) is 1.79. The Bertz CT molecular complexity index is 451. The molecular weight excluding hydrogens is 233 g/mol. The van der Waals surface area contributed by atoms with Gasteiger partial charge < -0.3 is 4.74 Å². The summed E-state index contributed by atoms with van der Waals surface area (Å²) in [4.78, 5) is 14.5. The summed E-state index contributed by atoms with van der Waals surface area (Å²) in [6, 6.07) is 1.30. The first-order valence-electron chi connectivity index (χ1n) is 4.59. The largest absolute Gasteiger partial charge is 0.465 e. The van der Waals surface area contributed by atoms with Crippen LogP contribution in [0, 0.1) is 17.7 Å². The number of esters is 1. The van der Waals surface area contributed by atoms with Crippen LogP contribution < -0.4 is 0 Å². The van der Waals surface area contributed by atoms with Crippen LogP contribution in [0.3, 0.4) is 0 Å². The summed E-state index contributed by atoms with van der Waals surface area (Å²) in [6.07, 6.45) is 0.907. The fourth-order valence-electron chi connectivity index (χ4n) is 0.933. The van der Waals surface area contributed by atoms with Crippen LogP contribution in [-0.4, -0.2) is 17.6 Å². The van der Waals surface area contributed by atoms with Crippen molar-refractivity contribution in [2.45, 2.75) is 13.3 Å². The van der Waals surface area contributed by atoms with Gasteiger partial charge in [-0.3, -0.25) is 4.79 Å². The lowest BCUT2D eigenvalue weighted by atomic mass is 10.2. The Kier molecular flexibility index (Phi) is 4.74. The third kappa shape index (κ3) is 3.87. The summed E-state index contributed by atoms with van der Waals surface area (Å²) in [5, 5.41) is 0.154. The van der Waals surface area contributed by atoms with Crippen LogP contribution in [0.1, 0.15) is 18.9 Å². The van der Waals surface area contributed by atoms with Gasteiger partial charge in [0, 0.05) is 0 Å². The number of aromatic nitrogens is 1. The predicted octanol–water partition coefficient (Wildman–Crippen LogP) is 2.18. The number of ether oxygens (including phenoxy) is 1. The minimum atomic E-state index is -0.569. The zero-order valence-electron chi connectivity index (χ0n) is 8.59. The van der Waals surface area contributed by atoms with Crippen molar-refractivity contribution in [2.75, 3.05) is 6.61 Å². The second-order valence-corrected chi connectivity index (χ2v) is 3.16. The van der Waals surface area contributed by atoms with E-state index < -0.39 is 11.8 Å². The molecule has 16 heavy (non-hydrogen) atoms. The fraction of sp³-hybridized carbons (Fsp3) is 0.273. The highest BCUT2D eigenvalue weighted by Crippen LogP contribution is 2.10. The minimum absolute atomic E-state index is 0.0762. The zero-order valence-corrected chi connectivity index (χ0v) is 9.34. The van der Waals surface area contributed by atoms with Crippen LogP contribution in [0.5, 0.6) is 0 Å². The van der Waals surface area contributed by atoms with Crippen LogP contribution in [0.2, 0.25) is 5.15 Å². The number of rotatable bonds is 2. The second-order valence-electron chi connectivity index (χ2n) is 2.77. The SMILES string of the molecule is CCOC(=O)CC#Cc1cc(Cl)ncc1F. The smallest absolute Gasteiger partial charge is 0.317 e. The number of halogens is 2. The molecule has 0 radical (unpaired) electrons. The number of pyridine rings is 1. The van der Waals surface area contributed by atoms with E-state index in [4.69, 9.17) is 11.6 Å².